The minimum Gasteiger partial charge on any atom is -0.465 e. The molecular formula is C18H12Cl2N2O3. The van der Waals surface area contributed by atoms with Crippen LogP contribution in [0.25, 0.3) is 6.08 Å². The molecule has 0 atom stereocenters. The van der Waals surface area contributed by atoms with Crippen molar-refractivity contribution in [3.8, 4) is 6.07 Å². The van der Waals surface area contributed by atoms with Crippen molar-refractivity contribution in [3.05, 3.63) is 69.2 Å². The normalized spacial score (nSPS) is 10.7. The van der Waals surface area contributed by atoms with Gasteiger partial charge in [-0.2, -0.15) is 5.26 Å². The number of benzene rings is 2. The molecule has 0 saturated carbocycles. The van der Waals surface area contributed by atoms with Crippen LogP contribution in [0.4, 0.5) is 5.69 Å². The number of para-hydroxylation sites is 1. The van der Waals surface area contributed by atoms with Crippen LogP contribution in [0.1, 0.15) is 15.9 Å². The average molecular weight is 375 g/mol. The molecule has 0 saturated heterocycles. The smallest absolute Gasteiger partial charge is 0.339 e. The van der Waals surface area contributed by atoms with Gasteiger partial charge in [0.25, 0.3) is 5.91 Å². The van der Waals surface area contributed by atoms with E-state index in [4.69, 9.17) is 23.2 Å². The molecule has 0 aliphatic carbocycles. The third-order valence-electron chi connectivity index (χ3n) is 3.21. The Morgan fingerprint density at radius 2 is 1.92 bits per heavy atom. The minimum atomic E-state index is -0.676. The third-order valence-corrected chi connectivity index (χ3v) is 3.77. The van der Waals surface area contributed by atoms with Crippen LogP contribution in [0.5, 0.6) is 0 Å². The van der Waals surface area contributed by atoms with Crippen molar-refractivity contribution in [2.45, 2.75) is 0 Å². The van der Waals surface area contributed by atoms with E-state index in [9.17, 15) is 14.9 Å². The molecule has 0 bridgehead atoms. The molecule has 1 N–H and O–H groups in total. The molecule has 0 spiro atoms. The van der Waals surface area contributed by atoms with Crippen molar-refractivity contribution < 1.29 is 14.3 Å². The molecule has 0 fully saturated rings. The number of halogens is 2. The lowest BCUT2D eigenvalue weighted by molar-refractivity contribution is -0.112. The summed E-state index contributed by atoms with van der Waals surface area (Å²) in [5.41, 5.74) is 0.714. The van der Waals surface area contributed by atoms with E-state index in [1.54, 1.807) is 24.3 Å². The number of amides is 1. The predicted octanol–water partition coefficient (Wildman–Crippen LogP) is 4.33. The number of hydrogen-bond donors (Lipinski definition) is 1. The lowest BCUT2D eigenvalue weighted by Crippen LogP contribution is -2.16. The monoisotopic (exact) mass is 374 g/mol. The van der Waals surface area contributed by atoms with Gasteiger partial charge in [-0.15, -0.1) is 0 Å². The zero-order valence-electron chi connectivity index (χ0n) is 13.0. The fourth-order valence-electron chi connectivity index (χ4n) is 1.99. The molecule has 5 nitrogen and oxygen atoms in total. The van der Waals surface area contributed by atoms with Gasteiger partial charge in [0.2, 0.25) is 0 Å². The summed E-state index contributed by atoms with van der Waals surface area (Å²) in [5.74, 6) is -1.27. The van der Waals surface area contributed by atoms with Crippen LogP contribution in [0.15, 0.2) is 48.0 Å². The fraction of sp³-hybridized carbons (Fsp3) is 0.0556. The number of ether oxygens (including phenoxy) is 1. The van der Waals surface area contributed by atoms with Crippen LogP contribution in [-0.2, 0) is 9.53 Å². The molecule has 2 aromatic carbocycles. The van der Waals surface area contributed by atoms with Gasteiger partial charge in [-0.25, -0.2) is 4.79 Å². The highest BCUT2D eigenvalue weighted by atomic mass is 35.5. The van der Waals surface area contributed by atoms with Crippen LogP contribution in [-0.4, -0.2) is 19.0 Å². The number of carbonyl (C=O) groups is 2. The molecule has 7 heteroatoms. The number of nitrogens with zero attached hydrogens (tertiary/aromatic N) is 1. The number of methoxy groups -OCH3 is 1. The number of carbonyl (C=O) groups excluding carboxylic acids is 2. The Morgan fingerprint density at radius 1 is 1.20 bits per heavy atom. The Morgan fingerprint density at radius 3 is 2.56 bits per heavy atom. The molecule has 0 radical (unpaired) electrons. The van der Waals surface area contributed by atoms with Gasteiger partial charge in [0.15, 0.2) is 0 Å². The maximum Gasteiger partial charge on any atom is 0.339 e. The molecule has 1 amide bonds. The Hall–Kier alpha value is -2.81. The summed E-state index contributed by atoms with van der Waals surface area (Å²) in [4.78, 5) is 24.1. The second-order valence-electron chi connectivity index (χ2n) is 4.83. The van der Waals surface area contributed by atoms with Crippen molar-refractivity contribution in [2.24, 2.45) is 0 Å². The lowest BCUT2D eigenvalue weighted by Gasteiger charge is -2.09. The topological polar surface area (TPSA) is 79.2 Å². The van der Waals surface area contributed by atoms with Crippen LogP contribution in [0, 0.1) is 11.3 Å². The number of anilines is 1. The van der Waals surface area contributed by atoms with E-state index in [1.165, 1.54) is 31.4 Å². The lowest BCUT2D eigenvalue weighted by atomic mass is 10.1. The van der Waals surface area contributed by atoms with Crippen LogP contribution in [0.2, 0.25) is 10.0 Å². The van der Waals surface area contributed by atoms with Gasteiger partial charge in [-0.05, 0) is 35.9 Å². The highest BCUT2D eigenvalue weighted by Gasteiger charge is 2.16. The Balaban J connectivity index is 2.32. The van der Waals surface area contributed by atoms with E-state index >= 15 is 0 Å². The molecule has 0 aliphatic heterocycles. The van der Waals surface area contributed by atoms with E-state index in [0.29, 0.717) is 15.6 Å². The van der Waals surface area contributed by atoms with Gasteiger partial charge in [-0.3, -0.25) is 4.79 Å². The number of nitrogens with one attached hydrogen (secondary N) is 1. The molecule has 0 aromatic heterocycles. The van der Waals surface area contributed by atoms with Gasteiger partial charge >= 0.3 is 5.97 Å². The summed E-state index contributed by atoms with van der Waals surface area (Å²) in [5, 5.41) is 12.5. The zero-order valence-corrected chi connectivity index (χ0v) is 14.6. The summed E-state index contributed by atoms with van der Waals surface area (Å²) < 4.78 is 4.67. The first kappa shape index (κ1) is 18.5. The summed E-state index contributed by atoms with van der Waals surface area (Å²) in [6.07, 6.45) is 1.34. The molecule has 2 rings (SSSR count). The van der Waals surface area contributed by atoms with Gasteiger partial charge in [0.1, 0.15) is 11.6 Å². The Bertz CT molecular complexity index is 901. The number of esters is 1. The second-order valence-corrected chi connectivity index (χ2v) is 5.67. The molecule has 25 heavy (non-hydrogen) atoms. The quantitative estimate of drug-likeness (QED) is 0.490. The number of nitriles is 1. The SMILES string of the molecule is COC(=O)c1ccccc1NC(=O)C(C#N)=Cc1ccc(Cl)cc1Cl. The zero-order chi connectivity index (χ0) is 18.4. The predicted molar refractivity (Wildman–Crippen MR) is 96.5 cm³/mol. The Labute approximate surface area is 154 Å². The molecule has 2 aromatic rings. The van der Waals surface area contributed by atoms with Gasteiger partial charge in [0, 0.05) is 10.0 Å². The first-order chi connectivity index (χ1) is 12.0. The van der Waals surface area contributed by atoms with E-state index in [2.05, 4.69) is 10.1 Å². The maximum atomic E-state index is 12.4. The van der Waals surface area contributed by atoms with E-state index in [0.717, 1.165) is 0 Å². The second kappa shape index (κ2) is 8.34. The first-order valence-electron chi connectivity index (χ1n) is 7.01. The number of hydrogen-bond acceptors (Lipinski definition) is 4. The van der Waals surface area contributed by atoms with Crippen molar-refractivity contribution in [1.82, 2.24) is 0 Å². The van der Waals surface area contributed by atoms with E-state index in [-0.39, 0.29) is 16.8 Å². The highest BCUT2D eigenvalue weighted by Crippen LogP contribution is 2.24. The van der Waals surface area contributed by atoms with Gasteiger partial charge in [-0.1, -0.05) is 41.4 Å². The van der Waals surface area contributed by atoms with Crippen LogP contribution < -0.4 is 5.32 Å². The number of rotatable bonds is 4. The summed E-state index contributed by atoms with van der Waals surface area (Å²) >= 11 is 11.9. The summed E-state index contributed by atoms with van der Waals surface area (Å²) in [7, 11) is 1.24. The van der Waals surface area contributed by atoms with Crippen molar-refractivity contribution in [1.29, 1.82) is 5.26 Å². The average Bonchev–Trinajstić information content (AvgIpc) is 2.60. The third kappa shape index (κ3) is 4.60. The van der Waals surface area contributed by atoms with Gasteiger partial charge < -0.3 is 10.1 Å². The van der Waals surface area contributed by atoms with Crippen molar-refractivity contribution >= 4 is 46.8 Å². The molecule has 0 heterocycles. The molecule has 126 valence electrons. The fourth-order valence-corrected chi connectivity index (χ4v) is 2.46. The van der Waals surface area contributed by atoms with E-state index in [1.807, 2.05) is 6.07 Å². The molecule has 0 unspecified atom stereocenters. The van der Waals surface area contributed by atoms with E-state index < -0.39 is 11.9 Å². The first-order valence-corrected chi connectivity index (χ1v) is 7.77. The van der Waals surface area contributed by atoms with Crippen molar-refractivity contribution in [3.63, 3.8) is 0 Å². The largest absolute Gasteiger partial charge is 0.465 e. The minimum absolute atomic E-state index is 0.177. The molecular weight excluding hydrogens is 363 g/mol. The van der Waals surface area contributed by atoms with Crippen LogP contribution in [0.3, 0.4) is 0 Å². The van der Waals surface area contributed by atoms with Crippen molar-refractivity contribution in [2.75, 3.05) is 12.4 Å². The standard InChI is InChI=1S/C18H12Cl2N2O3/c1-25-18(24)14-4-2-3-5-16(14)22-17(23)12(10-21)8-11-6-7-13(19)9-15(11)20/h2-9H,1H3,(H,22,23). The Kier molecular flexibility index (Phi) is 6.18. The maximum absolute atomic E-state index is 12.4. The van der Waals surface area contributed by atoms with Gasteiger partial charge in [0.05, 0.1) is 18.4 Å². The summed E-state index contributed by atoms with van der Waals surface area (Å²) in [6.45, 7) is 0. The highest BCUT2D eigenvalue weighted by molar-refractivity contribution is 6.35. The molecule has 0 aliphatic rings. The van der Waals surface area contributed by atoms with Crippen LogP contribution >= 0.6 is 23.2 Å². The summed E-state index contributed by atoms with van der Waals surface area (Å²) in [6, 6.07) is 12.8.